The summed E-state index contributed by atoms with van der Waals surface area (Å²) in [7, 11) is 0. The van der Waals surface area contributed by atoms with Gasteiger partial charge in [0, 0.05) is 112 Å². The summed E-state index contributed by atoms with van der Waals surface area (Å²) in [4.78, 5) is 64.8. The molecule has 0 radical (unpaired) electrons. The van der Waals surface area contributed by atoms with Crippen molar-refractivity contribution in [2.75, 3.05) is 107 Å². The van der Waals surface area contributed by atoms with Gasteiger partial charge in [-0.3, -0.25) is 19.6 Å². The number of carbonyl (C=O) groups excluding carboxylic acids is 2. The minimum absolute atomic E-state index is 0.103. The van der Waals surface area contributed by atoms with E-state index in [2.05, 4.69) is 29.8 Å². The Kier molecular flexibility index (Phi) is 26.0. The zero-order valence-corrected chi connectivity index (χ0v) is 53.7. The van der Waals surface area contributed by atoms with Crippen LogP contribution in [0.15, 0.2) is 54.6 Å². The number of thiophene rings is 3. The number of nitrogens with two attached hydrogens (primary N) is 1. The molecule has 21 nitrogen and oxygen atoms in total. The summed E-state index contributed by atoms with van der Waals surface area (Å²) < 4.78 is 26.7. The van der Waals surface area contributed by atoms with Crippen molar-refractivity contribution < 1.29 is 58.1 Å². The highest BCUT2D eigenvalue weighted by Crippen LogP contribution is 2.53. The van der Waals surface area contributed by atoms with Crippen LogP contribution in [0.5, 0.6) is 0 Å². The lowest BCUT2D eigenvalue weighted by Crippen LogP contribution is -2.35. The maximum absolute atomic E-state index is 13.1. The first-order valence-corrected chi connectivity index (χ1v) is 32.0. The molecule has 30 heteroatoms. The first-order chi connectivity index (χ1) is 42.6. The van der Waals surface area contributed by atoms with Crippen LogP contribution in [0.2, 0.25) is 30.1 Å². The van der Waals surface area contributed by atoms with Crippen LogP contribution in [0, 0.1) is 19.7 Å². The SMILES string of the molecule is NOC1CCCCO1.[C-]#[N+]c1c(N2CCOCC2)sc(C(=O)NO)c1-c1ccc(Cl)cc1Cl.[C-]#[N+]c1c(N2CCOCC2)sc(C(=O)NOC2CCCCO2)c1-c1ccc(Cl)cc1Cl.[C-]#[N+]c1c(N2CCOCC2)sc(C(=O)O)c1-c1ccc(Cl)cc1Cl. The second-order valence-electron chi connectivity index (χ2n) is 19.4. The summed E-state index contributed by atoms with van der Waals surface area (Å²) in [5.41, 5.74) is 8.00. The van der Waals surface area contributed by atoms with E-state index < -0.39 is 24.1 Å². The fraction of sp³-hybridized carbons (Fsp3) is 0.379. The third-order valence-electron chi connectivity index (χ3n) is 13.8. The molecule has 5 aliphatic rings. The van der Waals surface area contributed by atoms with Gasteiger partial charge in [-0.25, -0.2) is 41.0 Å². The number of morpholine rings is 3. The van der Waals surface area contributed by atoms with Gasteiger partial charge in [-0.2, -0.15) is 0 Å². The Balaban J connectivity index is 0.000000162. The summed E-state index contributed by atoms with van der Waals surface area (Å²) in [6.45, 7) is 31.5. The van der Waals surface area contributed by atoms with Gasteiger partial charge in [-0.05, 0) is 78.8 Å². The van der Waals surface area contributed by atoms with Crippen molar-refractivity contribution in [2.24, 2.45) is 5.90 Å². The van der Waals surface area contributed by atoms with E-state index in [-0.39, 0.29) is 16.0 Å². The zero-order valence-electron chi connectivity index (χ0n) is 46.7. The molecule has 3 aromatic heterocycles. The molecule has 466 valence electrons. The van der Waals surface area contributed by atoms with Crippen molar-refractivity contribution in [1.29, 1.82) is 0 Å². The molecule has 2 unspecified atom stereocenters. The van der Waals surface area contributed by atoms with E-state index in [4.69, 9.17) is 129 Å². The van der Waals surface area contributed by atoms with Gasteiger partial charge in [0.05, 0.1) is 84.1 Å². The second kappa shape index (κ2) is 33.5. The van der Waals surface area contributed by atoms with E-state index in [1.807, 2.05) is 9.80 Å². The Morgan fingerprint density at radius 1 is 0.534 bits per heavy atom. The van der Waals surface area contributed by atoms with Gasteiger partial charge in [0.25, 0.3) is 11.8 Å². The number of carboxylic acids is 1. The van der Waals surface area contributed by atoms with E-state index in [1.54, 1.807) is 60.1 Å². The van der Waals surface area contributed by atoms with Crippen LogP contribution in [0.4, 0.5) is 32.1 Å². The van der Waals surface area contributed by atoms with Gasteiger partial charge < -0.3 is 43.5 Å². The highest BCUT2D eigenvalue weighted by Gasteiger charge is 2.33. The van der Waals surface area contributed by atoms with Crippen LogP contribution in [0.25, 0.3) is 47.9 Å². The predicted octanol–water partition coefficient (Wildman–Crippen LogP) is 14.7. The lowest BCUT2D eigenvalue weighted by Gasteiger charge is -2.28. The van der Waals surface area contributed by atoms with E-state index >= 15 is 0 Å². The van der Waals surface area contributed by atoms with E-state index in [9.17, 15) is 19.5 Å². The van der Waals surface area contributed by atoms with Gasteiger partial charge in [-0.15, -0.1) is 34.0 Å². The number of hydroxylamine groups is 2. The Morgan fingerprint density at radius 2 is 0.886 bits per heavy atom. The molecule has 11 rings (SSSR count). The van der Waals surface area contributed by atoms with Gasteiger partial charge in [0.2, 0.25) is 17.1 Å². The maximum Gasteiger partial charge on any atom is 0.345 e. The Bertz CT molecular complexity index is 3560. The van der Waals surface area contributed by atoms with Crippen LogP contribution in [0.3, 0.4) is 0 Å². The minimum atomic E-state index is -1.08. The standard InChI is InChI=1S/C21H21Cl2N3O4S.C16H13Cl2N3O3S.C16H12Cl2N2O3S.C5H11NO2/c1-24-18-17(14-6-5-13(22)12-15(14)23)19(31-21(18)26-7-10-28-11-8-26)20(27)25-30-16-4-2-3-9-29-16;1-19-13-12(10-3-2-9(17)8-11(10)18)14(15(22)20-23)25-16(13)21-4-6-24-7-5-21;1-19-13-12(10-3-2-9(17)8-11(10)18)14(16(21)22)24-15(13)20-4-6-23-7-5-20;6-8-5-3-1-2-4-7-5/h5-6,12,16H,2-4,7-11H2,(H,25,27);2-3,8,23H,4-7H2,(H,20,22);2-3,8H,4-7H2,(H,21,22);5H,1-4,6H2. The highest BCUT2D eigenvalue weighted by atomic mass is 35.5. The molecule has 5 saturated heterocycles. The van der Waals surface area contributed by atoms with Gasteiger partial charge in [0.1, 0.15) is 4.88 Å². The van der Waals surface area contributed by atoms with Gasteiger partial charge >= 0.3 is 5.97 Å². The van der Waals surface area contributed by atoms with Crippen LogP contribution in [-0.4, -0.2) is 133 Å². The fourth-order valence-electron chi connectivity index (χ4n) is 9.62. The predicted molar refractivity (Wildman–Crippen MR) is 344 cm³/mol. The number of carboxylic acid groups (broad SMARTS) is 1. The number of nitrogens with zero attached hydrogens (tertiary/aromatic N) is 6. The third kappa shape index (κ3) is 17.1. The summed E-state index contributed by atoms with van der Waals surface area (Å²) in [6, 6.07) is 14.7. The normalized spacial score (nSPS) is 17.5. The number of carbonyl (C=O) groups is 3. The van der Waals surface area contributed by atoms with Crippen LogP contribution >= 0.6 is 104 Å². The second-order valence-corrected chi connectivity index (χ2v) is 24.9. The zero-order chi connectivity index (χ0) is 62.9. The largest absolute Gasteiger partial charge is 0.477 e. The summed E-state index contributed by atoms with van der Waals surface area (Å²) in [6.07, 6.45) is 5.32. The number of benzene rings is 3. The molecular formula is C58H57Cl6N9O12S3. The topological polar surface area (TPSA) is 229 Å². The third-order valence-corrected chi connectivity index (χ3v) is 19.2. The molecule has 2 amide bonds. The lowest BCUT2D eigenvalue weighted by molar-refractivity contribution is -0.186. The van der Waals surface area contributed by atoms with Gasteiger partial charge in [0.15, 0.2) is 12.6 Å². The number of anilines is 3. The summed E-state index contributed by atoms with van der Waals surface area (Å²) >= 11 is 40.5. The molecule has 3 aromatic carbocycles. The Hall–Kier alpha value is -5.58. The highest BCUT2D eigenvalue weighted by molar-refractivity contribution is 7.20. The quantitative estimate of drug-likeness (QED) is 0.0436. The molecule has 88 heavy (non-hydrogen) atoms. The minimum Gasteiger partial charge on any atom is -0.477 e. The van der Waals surface area contributed by atoms with Crippen LogP contribution < -0.4 is 31.6 Å². The van der Waals surface area contributed by atoms with E-state index in [0.717, 1.165) is 60.0 Å². The van der Waals surface area contributed by atoms with E-state index in [1.165, 1.54) is 17.8 Å². The molecule has 2 atom stereocenters. The number of hydrogen-bond donors (Lipinski definition) is 5. The smallest absolute Gasteiger partial charge is 0.345 e. The average molecular weight is 1380 g/mol. The Labute approximate surface area is 549 Å². The van der Waals surface area contributed by atoms with Crippen LogP contribution in [0.1, 0.15) is 67.5 Å². The number of rotatable bonds is 12. The first kappa shape index (κ1) is 68.3. The molecule has 0 saturated carbocycles. The monoisotopic (exact) mass is 1380 g/mol. The molecule has 5 aliphatic heterocycles. The average Bonchev–Trinajstić information content (AvgIpc) is 1.95. The van der Waals surface area contributed by atoms with Crippen molar-refractivity contribution in [1.82, 2.24) is 11.0 Å². The molecular weight excluding hydrogens is 1320 g/mol. The number of halogens is 6. The van der Waals surface area contributed by atoms with Crippen molar-refractivity contribution in [3.63, 3.8) is 0 Å². The first-order valence-electron chi connectivity index (χ1n) is 27.3. The number of ether oxygens (including phenoxy) is 5. The Morgan fingerprint density at radius 3 is 1.19 bits per heavy atom. The molecule has 8 heterocycles. The number of hydrogen-bond acceptors (Lipinski definition) is 18. The molecule has 0 bridgehead atoms. The van der Waals surface area contributed by atoms with Gasteiger partial charge in [-0.1, -0.05) is 87.8 Å². The summed E-state index contributed by atoms with van der Waals surface area (Å²) in [5.74, 6) is 2.67. The van der Waals surface area contributed by atoms with Crippen molar-refractivity contribution in [3.05, 3.63) is 134 Å². The number of nitrogens with one attached hydrogen (secondary N) is 2. The maximum atomic E-state index is 13.1. The summed E-state index contributed by atoms with van der Waals surface area (Å²) in [5, 5.41) is 23.1. The lowest BCUT2D eigenvalue weighted by atomic mass is 10.0. The van der Waals surface area contributed by atoms with E-state index in [0.29, 0.717) is 187 Å². The molecule has 6 aromatic rings. The van der Waals surface area contributed by atoms with Crippen LogP contribution in [-0.2, 0) is 33.4 Å². The number of amides is 2. The fourth-order valence-corrected chi connectivity index (χ4v) is 14.7. The molecule has 5 fully saturated rings. The molecule has 0 spiro atoms. The molecule has 6 N–H and O–H groups in total. The van der Waals surface area contributed by atoms with Crippen molar-refractivity contribution in [3.8, 4) is 33.4 Å². The number of aromatic carboxylic acids is 1. The van der Waals surface area contributed by atoms with Crippen molar-refractivity contribution in [2.45, 2.75) is 51.1 Å². The molecule has 0 aliphatic carbocycles. The van der Waals surface area contributed by atoms with Crippen molar-refractivity contribution >= 4 is 153 Å².